The number of hydrogen-bond acceptors (Lipinski definition) is 5. The molecular formula is C18H14ClNO6S. The number of halogens is 1. The Labute approximate surface area is 160 Å². The first kappa shape index (κ1) is 18.8. The van der Waals surface area contributed by atoms with Crippen LogP contribution in [-0.4, -0.2) is 26.6 Å². The first-order valence-corrected chi connectivity index (χ1v) is 9.46. The summed E-state index contributed by atoms with van der Waals surface area (Å²) in [5.74, 6) is -0.791. The third-order valence-electron chi connectivity index (χ3n) is 3.66. The van der Waals surface area contributed by atoms with Gasteiger partial charge in [-0.3, -0.25) is 4.72 Å². The van der Waals surface area contributed by atoms with E-state index in [0.717, 1.165) is 0 Å². The molecule has 0 spiro atoms. The summed E-state index contributed by atoms with van der Waals surface area (Å²) >= 11 is 5.78. The summed E-state index contributed by atoms with van der Waals surface area (Å²) in [7, 11) is -2.39. The lowest BCUT2D eigenvalue weighted by Crippen LogP contribution is -2.12. The molecule has 1 heterocycles. The molecule has 3 rings (SSSR count). The van der Waals surface area contributed by atoms with E-state index in [2.05, 4.69) is 4.72 Å². The summed E-state index contributed by atoms with van der Waals surface area (Å²) in [4.78, 5) is 11.0. The Bertz CT molecular complexity index is 1090. The van der Waals surface area contributed by atoms with Crippen molar-refractivity contribution < 1.29 is 27.5 Å². The number of carbonyl (C=O) groups is 1. The molecular weight excluding hydrogens is 394 g/mol. The number of methoxy groups -OCH3 is 1. The van der Waals surface area contributed by atoms with E-state index in [1.54, 1.807) is 6.07 Å². The number of hydrogen-bond donors (Lipinski definition) is 2. The SMILES string of the molecule is COc1cc(NS(=O)(=O)c2ccc(Cl)cc2)ccc1-c1ccc(C(=O)O)o1. The predicted octanol–water partition coefficient (Wildman–Crippen LogP) is 4.11. The van der Waals surface area contributed by atoms with Gasteiger partial charge in [0.25, 0.3) is 10.0 Å². The molecule has 0 radical (unpaired) electrons. The molecule has 2 N–H and O–H groups in total. The normalized spacial score (nSPS) is 11.2. The lowest BCUT2D eigenvalue weighted by molar-refractivity contribution is 0.0663. The molecule has 0 saturated heterocycles. The van der Waals surface area contributed by atoms with E-state index >= 15 is 0 Å². The van der Waals surface area contributed by atoms with Crippen molar-refractivity contribution in [1.82, 2.24) is 0 Å². The minimum absolute atomic E-state index is 0.0621. The predicted molar refractivity (Wildman–Crippen MR) is 99.9 cm³/mol. The minimum atomic E-state index is -3.81. The van der Waals surface area contributed by atoms with Gasteiger partial charge in [0.2, 0.25) is 5.76 Å². The lowest BCUT2D eigenvalue weighted by atomic mass is 10.1. The molecule has 27 heavy (non-hydrogen) atoms. The number of carboxylic acids is 1. The molecule has 0 amide bonds. The minimum Gasteiger partial charge on any atom is -0.496 e. The third-order valence-corrected chi connectivity index (χ3v) is 5.31. The summed E-state index contributed by atoms with van der Waals surface area (Å²) in [6, 6.07) is 13.2. The molecule has 0 aliphatic carbocycles. The van der Waals surface area contributed by atoms with Crippen LogP contribution >= 0.6 is 11.6 Å². The average molecular weight is 408 g/mol. The smallest absolute Gasteiger partial charge is 0.371 e. The van der Waals surface area contributed by atoms with Crippen LogP contribution in [0.2, 0.25) is 5.02 Å². The van der Waals surface area contributed by atoms with Gasteiger partial charge in [-0.25, -0.2) is 13.2 Å². The van der Waals surface area contributed by atoms with Gasteiger partial charge in [-0.2, -0.15) is 0 Å². The van der Waals surface area contributed by atoms with E-state index in [0.29, 0.717) is 16.3 Å². The third kappa shape index (κ3) is 4.07. The molecule has 0 unspecified atom stereocenters. The Kier molecular flexibility index (Phi) is 5.11. The van der Waals surface area contributed by atoms with Crippen molar-refractivity contribution in [2.45, 2.75) is 4.90 Å². The molecule has 0 bridgehead atoms. The number of carboxylic acid groups (broad SMARTS) is 1. The van der Waals surface area contributed by atoms with E-state index in [1.807, 2.05) is 0 Å². The molecule has 0 atom stereocenters. The fourth-order valence-corrected chi connectivity index (χ4v) is 3.56. The maximum absolute atomic E-state index is 12.5. The van der Waals surface area contributed by atoms with Crippen LogP contribution < -0.4 is 9.46 Å². The van der Waals surface area contributed by atoms with Crippen molar-refractivity contribution >= 4 is 33.3 Å². The monoisotopic (exact) mass is 407 g/mol. The summed E-state index contributed by atoms with van der Waals surface area (Å²) in [5.41, 5.74) is 0.759. The van der Waals surface area contributed by atoms with Gasteiger partial charge in [0.15, 0.2) is 0 Å². The summed E-state index contributed by atoms with van der Waals surface area (Å²) in [6.45, 7) is 0. The van der Waals surface area contributed by atoms with Crippen LogP contribution in [0.3, 0.4) is 0 Å². The van der Waals surface area contributed by atoms with Gasteiger partial charge in [-0.05, 0) is 48.5 Å². The van der Waals surface area contributed by atoms with Gasteiger partial charge >= 0.3 is 5.97 Å². The number of furan rings is 1. The molecule has 0 fully saturated rings. The molecule has 0 aliphatic rings. The second-order valence-electron chi connectivity index (χ2n) is 5.44. The highest BCUT2D eigenvalue weighted by Gasteiger charge is 2.17. The highest BCUT2D eigenvalue weighted by atomic mass is 35.5. The van der Waals surface area contributed by atoms with Crippen molar-refractivity contribution in [2.24, 2.45) is 0 Å². The standard InChI is InChI=1S/C18H14ClNO6S/c1-25-17-10-12(20-27(23,24)13-5-2-11(19)3-6-13)4-7-14(17)15-8-9-16(26-15)18(21)22/h2-10,20H,1H3,(H,21,22). The maximum atomic E-state index is 12.5. The van der Waals surface area contributed by atoms with Crippen LogP contribution in [0.5, 0.6) is 5.75 Å². The number of ether oxygens (including phenoxy) is 1. The van der Waals surface area contributed by atoms with Gasteiger partial charge in [0.05, 0.1) is 23.3 Å². The Hall–Kier alpha value is -2.97. The molecule has 3 aromatic rings. The van der Waals surface area contributed by atoms with Crippen molar-refractivity contribution in [1.29, 1.82) is 0 Å². The first-order valence-electron chi connectivity index (χ1n) is 7.60. The van der Waals surface area contributed by atoms with E-state index in [-0.39, 0.29) is 22.1 Å². The van der Waals surface area contributed by atoms with Crippen LogP contribution in [0.1, 0.15) is 10.6 Å². The maximum Gasteiger partial charge on any atom is 0.371 e. The molecule has 0 saturated carbocycles. The number of benzene rings is 2. The lowest BCUT2D eigenvalue weighted by Gasteiger charge is -2.12. The van der Waals surface area contributed by atoms with Crippen molar-refractivity contribution in [3.63, 3.8) is 0 Å². The van der Waals surface area contributed by atoms with Crippen LogP contribution in [0.25, 0.3) is 11.3 Å². The van der Waals surface area contributed by atoms with Gasteiger partial charge in [0, 0.05) is 11.1 Å². The van der Waals surface area contributed by atoms with Crippen LogP contribution in [0.4, 0.5) is 5.69 Å². The summed E-state index contributed by atoms with van der Waals surface area (Å²) in [5, 5.41) is 9.39. The number of sulfonamides is 1. The fraction of sp³-hybridized carbons (Fsp3) is 0.0556. The van der Waals surface area contributed by atoms with Gasteiger partial charge < -0.3 is 14.3 Å². The Morgan fingerprint density at radius 3 is 2.41 bits per heavy atom. The largest absolute Gasteiger partial charge is 0.496 e. The zero-order valence-electron chi connectivity index (χ0n) is 14.0. The quantitative estimate of drug-likeness (QED) is 0.637. The van der Waals surface area contributed by atoms with Crippen LogP contribution in [-0.2, 0) is 10.0 Å². The molecule has 0 aliphatic heterocycles. The number of nitrogens with one attached hydrogen (secondary N) is 1. The average Bonchev–Trinajstić information content (AvgIpc) is 3.12. The molecule has 9 heteroatoms. The summed E-state index contributed by atoms with van der Waals surface area (Å²) in [6.07, 6.45) is 0. The van der Waals surface area contributed by atoms with Gasteiger partial charge in [0.1, 0.15) is 11.5 Å². The van der Waals surface area contributed by atoms with Gasteiger partial charge in [-0.15, -0.1) is 0 Å². The Morgan fingerprint density at radius 1 is 1.11 bits per heavy atom. The molecule has 1 aromatic heterocycles. The molecule has 7 nitrogen and oxygen atoms in total. The van der Waals surface area contributed by atoms with Crippen molar-refractivity contribution in [3.05, 3.63) is 65.4 Å². The van der Waals surface area contributed by atoms with Crippen LogP contribution in [0, 0.1) is 0 Å². The second-order valence-corrected chi connectivity index (χ2v) is 7.56. The second kappa shape index (κ2) is 7.34. The van der Waals surface area contributed by atoms with Crippen molar-refractivity contribution in [2.75, 3.05) is 11.8 Å². The van der Waals surface area contributed by atoms with E-state index < -0.39 is 16.0 Å². The van der Waals surface area contributed by atoms with Crippen LogP contribution in [0.15, 0.2) is 63.9 Å². The zero-order valence-corrected chi connectivity index (χ0v) is 15.5. The number of aromatic carboxylic acids is 1. The van der Waals surface area contributed by atoms with E-state index in [4.69, 9.17) is 25.9 Å². The molecule has 140 valence electrons. The highest BCUT2D eigenvalue weighted by Crippen LogP contribution is 2.34. The molecule has 2 aromatic carbocycles. The van der Waals surface area contributed by atoms with E-state index in [9.17, 15) is 13.2 Å². The fourth-order valence-electron chi connectivity index (χ4n) is 2.38. The van der Waals surface area contributed by atoms with Gasteiger partial charge in [-0.1, -0.05) is 11.6 Å². The highest BCUT2D eigenvalue weighted by molar-refractivity contribution is 7.92. The number of rotatable bonds is 6. The summed E-state index contributed by atoms with van der Waals surface area (Å²) < 4.78 is 37.9. The van der Waals surface area contributed by atoms with E-state index in [1.165, 1.54) is 55.6 Å². The first-order chi connectivity index (χ1) is 12.8. The topological polar surface area (TPSA) is 106 Å². The Balaban J connectivity index is 1.91. The zero-order chi connectivity index (χ0) is 19.6. The Morgan fingerprint density at radius 2 is 1.81 bits per heavy atom. The van der Waals surface area contributed by atoms with Crippen molar-refractivity contribution in [3.8, 4) is 17.1 Å². The number of anilines is 1.